The molecule has 0 saturated carbocycles. The molecule has 0 amide bonds. The number of alkyl halides is 1. The van der Waals surface area contributed by atoms with Gasteiger partial charge in [-0.2, -0.15) is 0 Å². The Bertz CT molecular complexity index is 704. The van der Waals surface area contributed by atoms with Gasteiger partial charge in [-0.1, -0.05) is 18.2 Å². The van der Waals surface area contributed by atoms with Crippen LogP contribution in [0.1, 0.15) is 5.82 Å². The number of hydrogen-bond acceptors (Lipinski definition) is 3. The number of hydrogen-bond donors (Lipinski definition) is 1. The van der Waals surface area contributed by atoms with Gasteiger partial charge in [0.2, 0.25) is 0 Å². The molecule has 5 heteroatoms. The van der Waals surface area contributed by atoms with Crippen molar-refractivity contribution in [3.05, 3.63) is 60.4 Å². The van der Waals surface area contributed by atoms with Crippen LogP contribution in [0.3, 0.4) is 0 Å². The van der Waals surface area contributed by atoms with Crippen LogP contribution < -0.4 is 5.73 Å². The highest BCUT2D eigenvalue weighted by Gasteiger charge is 2.14. The van der Waals surface area contributed by atoms with Crippen LogP contribution >= 0.6 is 11.6 Å². The van der Waals surface area contributed by atoms with Crippen molar-refractivity contribution in [3.8, 4) is 17.1 Å². The third-order valence-corrected chi connectivity index (χ3v) is 3.27. The second-order valence-electron chi connectivity index (χ2n) is 4.37. The summed E-state index contributed by atoms with van der Waals surface area (Å²) in [6.07, 6.45) is 0. The normalized spacial score (nSPS) is 10.7. The van der Waals surface area contributed by atoms with Gasteiger partial charge in [0.25, 0.3) is 0 Å². The average Bonchev–Trinajstić information content (AvgIpc) is 2.93. The Labute approximate surface area is 121 Å². The van der Waals surface area contributed by atoms with E-state index in [1.54, 1.807) is 0 Å². The summed E-state index contributed by atoms with van der Waals surface area (Å²) in [6, 6.07) is 17.5. The first-order valence-electron chi connectivity index (χ1n) is 6.21. The van der Waals surface area contributed by atoms with Crippen LogP contribution in [0.4, 0.5) is 5.69 Å². The number of nitrogens with two attached hydrogens (primary N) is 1. The summed E-state index contributed by atoms with van der Waals surface area (Å²) in [5.74, 6) is 1.77. The van der Waals surface area contributed by atoms with E-state index < -0.39 is 0 Å². The van der Waals surface area contributed by atoms with Crippen LogP contribution in [0.2, 0.25) is 0 Å². The molecule has 1 aromatic heterocycles. The smallest absolute Gasteiger partial charge is 0.168 e. The zero-order chi connectivity index (χ0) is 13.9. The van der Waals surface area contributed by atoms with Gasteiger partial charge in [0.1, 0.15) is 0 Å². The number of nitrogens with zero attached hydrogens (tertiary/aromatic N) is 3. The van der Waals surface area contributed by atoms with E-state index in [0.717, 1.165) is 22.8 Å². The lowest BCUT2D eigenvalue weighted by Gasteiger charge is -2.09. The Morgan fingerprint density at radius 3 is 2.30 bits per heavy atom. The van der Waals surface area contributed by atoms with Crippen LogP contribution in [0.25, 0.3) is 17.1 Å². The first-order valence-corrected chi connectivity index (χ1v) is 6.74. The van der Waals surface area contributed by atoms with Crippen LogP contribution in [-0.4, -0.2) is 14.8 Å². The number of para-hydroxylation sites is 1. The fourth-order valence-corrected chi connectivity index (χ4v) is 2.24. The van der Waals surface area contributed by atoms with Crippen molar-refractivity contribution in [1.82, 2.24) is 14.8 Å². The summed E-state index contributed by atoms with van der Waals surface area (Å²) in [7, 11) is 0. The topological polar surface area (TPSA) is 56.7 Å². The van der Waals surface area contributed by atoms with E-state index in [0.29, 0.717) is 11.7 Å². The molecule has 0 radical (unpaired) electrons. The summed E-state index contributed by atoms with van der Waals surface area (Å²) < 4.78 is 1.96. The minimum Gasteiger partial charge on any atom is -0.399 e. The largest absolute Gasteiger partial charge is 0.399 e. The quantitative estimate of drug-likeness (QED) is 0.593. The molecule has 0 atom stereocenters. The maximum absolute atomic E-state index is 5.96. The van der Waals surface area contributed by atoms with Crippen LogP contribution in [0.5, 0.6) is 0 Å². The minimum absolute atomic E-state index is 0.302. The maximum Gasteiger partial charge on any atom is 0.168 e. The standard InChI is InChI=1S/C15H13ClN4/c16-10-14-18-19-15(11-6-8-12(17)9-7-11)20(14)13-4-2-1-3-5-13/h1-9H,10,17H2. The molecule has 3 rings (SSSR count). The van der Waals surface area contributed by atoms with Crippen molar-refractivity contribution >= 4 is 17.3 Å². The molecule has 0 bridgehead atoms. The average molecular weight is 285 g/mol. The van der Waals surface area contributed by atoms with Gasteiger partial charge >= 0.3 is 0 Å². The molecule has 1 heterocycles. The monoisotopic (exact) mass is 284 g/mol. The van der Waals surface area contributed by atoms with Crippen LogP contribution in [-0.2, 0) is 5.88 Å². The number of anilines is 1. The van der Waals surface area contributed by atoms with Crippen LogP contribution in [0, 0.1) is 0 Å². The summed E-state index contributed by atoms with van der Waals surface area (Å²) in [5.41, 5.74) is 8.38. The number of halogens is 1. The molecule has 0 spiro atoms. The molecule has 0 aliphatic rings. The highest BCUT2D eigenvalue weighted by molar-refractivity contribution is 6.16. The SMILES string of the molecule is Nc1ccc(-c2nnc(CCl)n2-c2ccccc2)cc1. The van der Waals surface area contributed by atoms with E-state index in [1.165, 1.54) is 0 Å². The number of benzene rings is 2. The lowest BCUT2D eigenvalue weighted by atomic mass is 10.2. The van der Waals surface area contributed by atoms with Crippen LogP contribution in [0.15, 0.2) is 54.6 Å². The molecule has 0 aliphatic heterocycles. The fraction of sp³-hybridized carbons (Fsp3) is 0.0667. The minimum atomic E-state index is 0.302. The van der Waals surface area contributed by atoms with Crippen molar-refractivity contribution in [2.45, 2.75) is 5.88 Å². The van der Waals surface area contributed by atoms with E-state index >= 15 is 0 Å². The molecule has 100 valence electrons. The molecule has 0 unspecified atom stereocenters. The van der Waals surface area contributed by atoms with Crippen molar-refractivity contribution in [3.63, 3.8) is 0 Å². The van der Waals surface area contributed by atoms with Gasteiger partial charge in [-0.15, -0.1) is 21.8 Å². The summed E-state index contributed by atoms with van der Waals surface area (Å²) in [4.78, 5) is 0. The molecule has 3 aromatic rings. The molecule has 0 aliphatic carbocycles. The Kier molecular flexibility index (Phi) is 3.39. The fourth-order valence-electron chi connectivity index (χ4n) is 2.07. The third kappa shape index (κ3) is 2.26. The molecule has 20 heavy (non-hydrogen) atoms. The number of rotatable bonds is 3. The van der Waals surface area contributed by atoms with Gasteiger partial charge in [0, 0.05) is 16.9 Å². The Hall–Kier alpha value is -2.33. The molecule has 2 N–H and O–H groups in total. The lowest BCUT2D eigenvalue weighted by molar-refractivity contribution is 0.953. The maximum atomic E-state index is 5.96. The van der Waals surface area contributed by atoms with E-state index in [2.05, 4.69) is 10.2 Å². The van der Waals surface area contributed by atoms with E-state index in [4.69, 9.17) is 17.3 Å². The van der Waals surface area contributed by atoms with Gasteiger partial charge in [0.05, 0.1) is 5.88 Å². The lowest BCUT2D eigenvalue weighted by Crippen LogP contribution is -2.01. The van der Waals surface area contributed by atoms with Gasteiger partial charge < -0.3 is 5.73 Å². The van der Waals surface area contributed by atoms with E-state index in [-0.39, 0.29) is 0 Å². The number of aromatic nitrogens is 3. The highest BCUT2D eigenvalue weighted by Crippen LogP contribution is 2.24. The van der Waals surface area contributed by atoms with E-state index in [9.17, 15) is 0 Å². The van der Waals surface area contributed by atoms with E-state index in [1.807, 2.05) is 59.2 Å². The Morgan fingerprint density at radius 1 is 0.950 bits per heavy atom. The van der Waals surface area contributed by atoms with Gasteiger partial charge in [-0.25, -0.2) is 0 Å². The molecule has 0 fully saturated rings. The summed E-state index contributed by atoms with van der Waals surface area (Å²) in [6.45, 7) is 0. The second kappa shape index (κ2) is 5.35. The predicted molar refractivity (Wildman–Crippen MR) is 80.8 cm³/mol. The number of nitrogen functional groups attached to an aromatic ring is 1. The molecular formula is C15H13ClN4. The Morgan fingerprint density at radius 2 is 1.65 bits per heavy atom. The predicted octanol–water partition coefficient (Wildman–Crippen LogP) is 3.26. The summed E-state index contributed by atoms with van der Waals surface area (Å²) >= 11 is 5.96. The molecular weight excluding hydrogens is 272 g/mol. The van der Waals surface area contributed by atoms with Gasteiger partial charge in [-0.3, -0.25) is 4.57 Å². The van der Waals surface area contributed by atoms with Gasteiger partial charge in [-0.05, 0) is 36.4 Å². The zero-order valence-electron chi connectivity index (χ0n) is 10.7. The van der Waals surface area contributed by atoms with Crippen molar-refractivity contribution in [2.24, 2.45) is 0 Å². The third-order valence-electron chi connectivity index (χ3n) is 3.03. The van der Waals surface area contributed by atoms with Crippen molar-refractivity contribution in [1.29, 1.82) is 0 Å². The highest BCUT2D eigenvalue weighted by atomic mass is 35.5. The first kappa shape index (κ1) is 12.7. The summed E-state index contributed by atoms with van der Waals surface area (Å²) in [5, 5.41) is 8.41. The second-order valence-corrected chi connectivity index (χ2v) is 4.63. The van der Waals surface area contributed by atoms with Gasteiger partial charge in [0.15, 0.2) is 11.6 Å². The zero-order valence-corrected chi connectivity index (χ0v) is 11.5. The first-order chi connectivity index (χ1) is 9.79. The van der Waals surface area contributed by atoms with Crippen molar-refractivity contribution < 1.29 is 0 Å². The van der Waals surface area contributed by atoms with Crippen molar-refractivity contribution in [2.75, 3.05) is 5.73 Å². The molecule has 2 aromatic carbocycles. The Balaban J connectivity index is 2.17. The molecule has 4 nitrogen and oxygen atoms in total. The molecule has 0 saturated heterocycles.